The maximum absolute atomic E-state index is 4.65. The average molecular weight is 209 g/mol. The maximum atomic E-state index is 4.65. The van der Waals surface area contributed by atoms with Crippen LogP contribution in [0.1, 0.15) is 51.9 Å². The molecule has 0 aliphatic heterocycles. The SMILES string of the molecule is CNCc1cc(C(C)C)n(C(C)(C)C)n1. The Morgan fingerprint density at radius 1 is 1.40 bits per heavy atom. The van der Waals surface area contributed by atoms with Gasteiger partial charge in [0.05, 0.1) is 11.2 Å². The van der Waals surface area contributed by atoms with Gasteiger partial charge in [-0.2, -0.15) is 5.10 Å². The van der Waals surface area contributed by atoms with Crippen molar-refractivity contribution in [1.82, 2.24) is 15.1 Å². The number of nitrogens with zero attached hydrogens (tertiary/aromatic N) is 2. The first-order valence-corrected chi connectivity index (χ1v) is 5.60. The van der Waals surface area contributed by atoms with Crippen LogP contribution < -0.4 is 5.32 Å². The molecular weight excluding hydrogens is 186 g/mol. The van der Waals surface area contributed by atoms with Gasteiger partial charge in [0.2, 0.25) is 0 Å². The molecule has 0 aliphatic rings. The monoisotopic (exact) mass is 209 g/mol. The molecule has 1 heterocycles. The van der Waals surface area contributed by atoms with Crippen LogP contribution >= 0.6 is 0 Å². The van der Waals surface area contributed by atoms with E-state index in [9.17, 15) is 0 Å². The minimum absolute atomic E-state index is 0.0611. The van der Waals surface area contributed by atoms with Crippen molar-refractivity contribution < 1.29 is 0 Å². The van der Waals surface area contributed by atoms with Gasteiger partial charge in [-0.1, -0.05) is 13.8 Å². The summed E-state index contributed by atoms with van der Waals surface area (Å²) in [7, 11) is 1.95. The third-order valence-electron chi connectivity index (χ3n) is 2.37. The highest BCUT2D eigenvalue weighted by Crippen LogP contribution is 2.23. The fourth-order valence-electron chi connectivity index (χ4n) is 1.66. The van der Waals surface area contributed by atoms with Crippen LogP contribution in [-0.4, -0.2) is 16.8 Å². The fourth-order valence-corrected chi connectivity index (χ4v) is 1.66. The van der Waals surface area contributed by atoms with Crippen LogP contribution in [0.25, 0.3) is 0 Å². The van der Waals surface area contributed by atoms with Gasteiger partial charge < -0.3 is 5.32 Å². The first-order chi connectivity index (χ1) is 6.86. The van der Waals surface area contributed by atoms with Gasteiger partial charge in [-0.25, -0.2) is 0 Å². The van der Waals surface area contributed by atoms with Gasteiger partial charge in [-0.05, 0) is 39.8 Å². The molecule has 0 radical (unpaired) electrons. The van der Waals surface area contributed by atoms with Gasteiger partial charge >= 0.3 is 0 Å². The van der Waals surface area contributed by atoms with Crippen molar-refractivity contribution in [2.24, 2.45) is 0 Å². The molecule has 1 N–H and O–H groups in total. The van der Waals surface area contributed by atoms with Crippen LogP contribution in [0, 0.1) is 0 Å². The zero-order chi connectivity index (χ0) is 11.6. The molecule has 0 saturated carbocycles. The molecule has 0 aliphatic carbocycles. The second-order valence-corrected chi connectivity index (χ2v) is 5.33. The van der Waals surface area contributed by atoms with E-state index in [4.69, 9.17) is 0 Å². The minimum atomic E-state index is 0.0611. The van der Waals surface area contributed by atoms with E-state index in [0.717, 1.165) is 12.2 Å². The molecule has 86 valence electrons. The smallest absolute Gasteiger partial charge is 0.0765 e. The van der Waals surface area contributed by atoms with Gasteiger partial charge in [-0.15, -0.1) is 0 Å². The van der Waals surface area contributed by atoms with Crippen molar-refractivity contribution in [1.29, 1.82) is 0 Å². The lowest BCUT2D eigenvalue weighted by Crippen LogP contribution is -2.26. The lowest BCUT2D eigenvalue weighted by molar-refractivity contribution is 0.336. The first-order valence-electron chi connectivity index (χ1n) is 5.60. The van der Waals surface area contributed by atoms with E-state index in [1.54, 1.807) is 0 Å². The maximum Gasteiger partial charge on any atom is 0.0765 e. The van der Waals surface area contributed by atoms with Crippen molar-refractivity contribution in [3.8, 4) is 0 Å². The molecule has 15 heavy (non-hydrogen) atoms. The summed E-state index contributed by atoms with van der Waals surface area (Å²) >= 11 is 0. The lowest BCUT2D eigenvalue weighted by atomic mass is 10.1. The summed E-state index contributed by atoms with van der Waals surface area (Å²) in [6.45, 7) is 11.8. The van der Waals surface area contributed by atoms with E-state index in [1.807, 2.05) is 7.05 Å². The molecule has 1 aromatic heterocycles. The summed E-state index contributed by atoms with van der Waals surface area (Å²) < 4.78 is 2.14. The van der Waals surface area contributed by atoms with Crippen LogP contribution in [0.5, 0.6) is 0 Å². The Morgan fingerprint density at radius 3 is 2.33 bits per heavy atom. The van der Waals surface area contributed by atoms with Crippen molar-refractivity contribution >= 4 is 0 Å². The van der Waals surface area contributed by atoms with E-state index in [1.165, 1.54) is 5.69 Å². The van der Waals surface area contributed by atoms with E-state index >= 15 is 0 Å². The predicted molar refractivity (Wildman–Crippen MR) is 64.1 cm³/mol. The first kappa shape index (κ1) is 12.2. The number of hydrogen-bond donors (Lipinski definition) is 1. The molecule has 0 aromatic carbocycles. The Hall–Kier alpha value is -0.830. The molecule has 0 spiro atoms. The second-order valence-electron chi connectivity index (χ2n) is 5.33. The second kappa shape index (κ2) is 4.35. The largest absolute Gasteiger partial charge is 0.314 e. The van der Waals surface area contributed by atoms with E-state index in [-0.39, 0.29) is 5.54 Å². The quantitative estimate of drug-likeness (QED) is 0.829. The molecule has 1 rings (SSSR count). The highest BCUT2D eigenvalue weighted by Gasteiger charge is 2.20. The Labute approximate surface area is 92.9 Å². The number of hydrogen-bond acceptors (Lipinski definition) is 2. The molecule has 0 amide bonds. The third kappa shape index (κ3) is 2.81. The summed E-state index contributed by atoms with van der Waals surface area (Å²) in [6, 6.07) is 2.20. The Bertz CT molecular complexity index is 318. The van der Waals surface area contributed by atoms with E-state index < -0.39 is 0 Å². The van der Waals surface area contributed by atoms with Crippen LogP contribution in [0.15, 0.2) is 6.07 Å². The molecule has 3 nitrogen and oxygen atoms in total. The molecule has 1 aromatic rings. The van der Waals surface area contributed by atoms with Crippen molar-refractivity contribution in [2.75, 3.05) is 7.05 Å². The topological polar surface area (TPSA) is 29.9 Å². The molecular formula is C12H23N3. The lowest BCUT2D eigenvalue weighted by Gasteiger charge is -2.23. The highest BCUT2D eigenvalue weighted by atomic mass is 15.3. The van der Waals surface area contributed by atoms with Gasteiger partial charge in [-0.3, -0.25) is 4.68 Å². The number of rotatable bonds is 3. The summed E-state index contributed by atoms with van der Waals surface area (Å²) in [5.74, 6) is 0.516. The Morgan fingerprint density at radius 2 is 2.00 bits per heavy atom. The Kier molecular flexibility index (Phi) is 3.55. The van der Waals surface area contributed by atoms with Crippen LogP contribution in [0.2, 0.25) is 0 Å². The number of aromatic nitrogens is 2. The Balaban J connectivity index is 3.12. The fraction of sp³-hybridized carbons (Fsp3) is 0.750. The zero-order valence-electron chi connectivity index (χ0n) is 10.8. The average Bonchev–Trinajstić information content (AvgIpc) is 2.48. The van der Waals surface area contributed by atoms with Gasteiger partial charge in [0, 0.05) is 12.2 Å². The van der Waals surface area contributed by atoms with Crippen LogP contribution in [0.3, 0.4) is 0 Å². The summed E-state index contributed by atoms with van der Waals surface area (Å²) in [5.41, 5.74) is 2.50. The van der Waals surface area contributed by atoms with Crippen LogP contribution in [0.4, 0.5) is 0 Å². The summed E-state index contributed by atoms with van der Waals surface area (Å²) in [4.78, 5) is 0. The predicted octanol–water partition coefficient (Wildman–Crippen LogP) is 2.48. The van der Waals surface area contributed by atoms with Gasteiger partial charge in [0.25, 0.3) is 0 Å². The minimum Gasteiger partial charge on any atom is -0.314 e. The molecule has 0 atom stereocenters. The number of nitrogens with one attached hydrogen (secondary N) is 1. The normalized spacial score (nSPS) is 12.5. The molecule has 3 heteroatoms. The molecule has 0 saturated heterocycles. The molecule has 0 bridgehead atoms. The summed E-state index contributed by atoms with van der Waals surface area (Å²) in [5, 5.41) is 7.79. The zero-order valence-corrected chi connectivity index (χ0v) is 10.8. The van der Waals surface area contributed by atoms with Crippen molar-refractivity contribution in [2.45, 2.75) is 52.6 Å². The molecule has 0 unspecified atom stereocenters. The van der Waals surface area contributed by atoms with E-state index in [0.29, 0.717) is 5.92 Å². The van der Waals surface area contributed by atoms with Gasteiger partial charge in [0.1, 0.15) is 0 Å². The highest BCUT2D eigenvalue weighted by molar-refractivity contribution is 5.15. The van der Waals surface area contributed by atoms with E-state index in [2.05, 4.69) is 55.8 Å². The van der Waals surface area contributed by atoms with Crippen molar-refractivity contribution in [3.63, 3.8) is 0 Å². The molecule has 0 fully saturated rings. The van der Waals surface area contributed by atoms with Crippen LogP contribution in [-0.2, 0) is 12.1 Å². The standard InChI is InChI=1S/C12H23N3/c1-9(2)11-7-10(8-13-6)14-15(11)12(3,4)5/h7,9,13H,8H2,1-6H3. The van der Waals surface area contributed by atoms with Crippen molar-refractivity contribution in [3.05, 3.63) is 17.5 Å². The summed E-state index contributed by atoms with van der Waals surface area (Å²) in [6.07, 6.45) is 0. The third-order valence-corrected chi connectivity index (χ3v) is 2.37. The van der Waals surface area contributed by atoms with Gasteiger partial charge in [0.15, 0.2) is 0 Å².